The Morgan fingerprint density at radius 2 is 2.04 bits per heavy atom. The van der Waals surface area contributed by atoms with Crippen LogP contribution in [0.5, 0.6) is 5.75 Å². The van der Waals surface area contributed by atoms with Crippen molar-refractivity contribution in [2.45, 2.75) is 32.7 Å². The number of nitrogens with zero attached hydrogens (tertiary/aromatic N) is 1. The molecule has 0 bridgehead atoms. The Hall–Kier alpha value is -2.47. The van der Waals surface area contributed by atoms with Crippen molar-refractivity contribution in [2.24, 2.45) is 0 Å². The predicted octanol–water partition coefficient (Wildman–Crippen LogP) is 3.46. The number of thiocarbonyl (C=S) groups is 1. The van der Waals surface area contributed by atoms with Gasteiger partial charge in [-0.05, 0) is 42.4 Å². The van der Waals surface area contributed by atoms with Crippen molar-refractivity contribution >= 4 is 23.2 Å². The number of benzene rings is 1. The summed E-state index contributed by atoms with van der Waals surface area (Å²) in [4.78, 5) is 16.5. The highest BCUT2D eigenvalue weighted by atomic mass is 32.1. The van der Waals surface area contributed by atoms with Crippen molar-refractivity contribution < 1.29 is 9.53 Å². The zero-order valence-corrected chi connectivity index (χ0v) is 15.1. The lowest BCUT2D eigenvalue weighted by Crippen LogP contribution is -2.39. The van der Waals surface area contributed by atoms with Crippen molar-refractivity contribution in [1.29, 1.82) is 0 Å². The molecule has 0 aliphatic heterocycles. The van der Waals surface area contributed by atoms with Crippen LogP contribution in [0.2, 0.25) is 0 Å². The van der Waals surface area contributed by atoms with E-state index in [1.54, 1.807) is 30.6 Å². The van der Waals surface area contributed by atoms with E-state index < -0.39 is 0 Å². The minimum absolute atomic E-state index is 0.273. The van der Waals surface area contributed by atoms with Crippen LogP contribution in [0.25, 0.3) is 0 Å². The first-order valence-electron chi connectivity index (χ1n) is 8.40. The van der Waals surface area contributed by atoms with Gasteiger partial charge in [-0.1, -0.05) is 38.0 Å². The van der Waals surface area contributed by atoms with Gasteiger partial charge in [0, 0.05) is 18.9 Å². The highest BCUT2D eigenvalue weighted by molar-refractivity contribution is 7.80. The maximum Gasteiger partial charge on any atom is 0.261 e. The van der Waals surface area contributed by atoms with Crippen molar-refractivity contribution in [3.63, 3.8) is 0 Å². The lowest BCUT2D eigenvalue weighted by Gasteiger charge is -2.13. The van der Waals surface area contributed by atoms with Gasteiger partial charge >= 0.3 is 0 Å². The second kappa shape index (κ2) is 10.4. The third-order valence-corrected chi connectivity index (χ3v) is 3.79. The topological polar surface area (TPSA) is 63.2 Å². The number of pyridine rings is 1. The van der Waals surface area contributed by atoms with Crippen LogP contribution in [0, 0.1) is 0 Å². The monoisotopic (exact) mass is 357 g/mol. The van der Waals surface area contributed by atoms with Crippen molar-refractivity contribution in [3.8, 4) is 5.75 Å². The molecule has 2 rings (SSSR count). The van der Waals surface area contributed by atoms with Crippen LogP contribution in [-0.2, 0) is 6.54 Å². The van der Waals surface area contributed by atoms with E-state index in [4.69, 9.17) is 17.0 Å². The van der Waals surface area contributed by atoms with E-state index in [0.29, 0.717) is 24.5 Å². The number of rotatable bonds is 8. The summed E-state index contributed by atoms with van der Waals surface area (Å²) >= 11 is 5.19. The Bertz CT molecular complexity index is 692. The smallest absolute Gasteiger partial charge is 0.261 e. The number of carbonyl (C=O) groups is 1. The van der Waals surface area contributed by atoms with Crippen LogP contribution in [0.3, 0.4) is 0 Å². The average Bonchev–Trinajstić information content (AvgIpc) is 2.65. The summed E-state index contributed by atoms with van der Waals surface area (Å²) in [5.74, 6) is 0.293. The summed E-state index contributed by atoms with van der Waals surface area (Å²) in [6.07, 6.45) is 6.66. The van der Waals surface area contributed by atoms with Gasteiger partial charge in [-0.3, -0.25) is 15.1 Å². The van der Waals surface area contributed by atoms with Gasteiger partial charge in [0.2, 0.25) is 0 Å². The van der Waals surface area contributed by atoms with E-state index in [9.17, 15) is 4.79 Å². The van der Waals surface area contributed by atoms with Gasteiger partial charge in [0.15, 0.2) is 5.11 Å². The average molecular weight is 357 g/mol. The zero-order valence-electron chi connectivity index (χ0n) is 14.3. The van der Waals surface area contributed by atoms with Gasteiger partial charge < -0.3 is 10.1 Å². The SMILES string of the molecule is CCCCCOc1ccccc1C(=O)NC(=S)NCc1cccnc1. The molecule has 0 aliphatic rings. The Morgan fingerprint density at radius 3 is 2.80 bits per heavy atom. The summed E-state index contributed by atoms with van der Waals surface area (Å²) < 4.78 is 5.74. The molecule has 6 heteroatoms. The van der Waals surface area contributed by atoms with Crippen LogP contribution < -0.4 is 15.4 Å². The summed E-state index contributed by atoms with van der Waals surface area (Å²) in [5.41, 5.74) is 1.46. The fourth-order valence-corrected chi connectivity index (χ4v) is 2.38. The van der Waals surface area contributed by atoms with Crippen LogP contribution in [0.1, 0.15) is 42.1 Å². The van der Waals surface area contributed by atoms with Crippen molar-refractivity contribution in [3.05, 3.63) is 59.9 Å². The molecule has 0 saturated heterocycles. The molecule has 0 aliphatic carbocycles. The number of amides is 1. The minimum atomic E-state index is -0.283. The van der Waals surface area contributed by atoms with E-state index in [0.717, 1.165) is 24.8 Å². The number of ether oxygens (including phenoxy) is 1. The van der Waals surface area contributed by atoms with E-state index >= 15 is 0 Å². The van der Waals surface area contributed by atoms with Gasteiger partial charge in [0.1, 0.15) is 5.75 Å². The lowest BCUT2D eigenvalue weighted by atomic mass is 10.2. The van der Waals surface area contributed by atoms with Gasteiger partial charge in [0.05, 0.1) is 12.2 Å². The van der Waals surface area contributed by atoms with Gasteiger partial charge in [-0.2, -0.15) is 0 Å². The molecule has 2 N–H and O–H groups in total. The molecule has 5 nitrogen and oxygen atoms in total. The van der Waals surface area contributed by atoms with E-state index in [-0.39, 0.29) is 11.0 Å². The van der Waals surface area contributed by atoms with Gasteiger partial charge in [-0.25, -0.2) is 0 Å². The zero-order chi connectivity index (χ0) is 17.9. The Balaban J connectivity index is 1.88. The molecular weight excluding hydrogens is 334 g/mol. The molecule has 2 aromatic rings. The first kappa shape index (κ1) is 18.9. The summed E-state index contributed by atoms with van der Waals surface area (Å²) in [6, 6.07) is 11.0. The number of nitrogens with one attached hydrogen (secondary N) is 2. The maximum absolute atomic E-state index is 12.4. The molecule has 0 radical (unpaired) electrons. The molecule has 0 saturated carbocycles. The second-order valence-corrected chi connectivity index (χ2v) is 5.96. The predicted molar refractivity (Wildman–Crippen MR) is 103 cm³/mol. The normalized spacial score (nSPS) is 10.1. The Kier molecular flexibility index (Phi) is 7.85. The molecule has 132 valence electrons. The summed E-state index contributed by atoms with van der Waals surface area (Å²) in [6.45, 7) is 3.24. The number of carbonyl (C=O) groups excluding carboxylic acids is 1. The molecule has 25 heavy (non-hydrogen) atoms. The first-order chi connectivity index (χ1) is 12.2. The number of para-hydroxylation sites is 1. The van der Waals surface area contributed by atoms with E-state index in [2.05, 4.69) is 22.5 Å². The van der Waals surface area contributed by atoms with Crippen molar-refractivity contribution in [1.82, 2.24) is 15.6 Å². The third-order valence-electron chi connectivity index (χ3n) is 3.54. The molecule has 0 spiro atoms. The molecular formula is C19H23N3O2S. The van der Waals surface area contributed by atoms with Crippen LogP contribution in [0.4, 0.5) is 0 Å². The summed E-state index contributed by atoms with van der Waals surface area (Å²) in [5, 5.41) is 5.96. The fraction of sp³-hybridized carbons (Fsp3) is 0.316. The Labute approximate surface area is 153 Å². The number of unbranched alkanes of at least 4 members (excludes halogenated alkanes) is 2. The van der Waals surface area contributed by atoms with Gasteiger partial charge in [-0.15, -0.1) is 0 Å². The molecule has 1 aromatic heterocycles. The Morgan fingerprint density at radius 1 is 1.20 bits per heavy atom. The standard InChI is InChI=1S/C19H23N3O2S/c1-2-3-6-12-24-17-10-5-4-9-16(17)18(23)22-19(25)21-14-15-8-7-11-20-13-15/h4-5,7-11,13H,2-3,6,12,14H2,1H3,(H2,21,22,23,25). The minimum Gasteiger partial charge on any atom is -0.493 e. The molecule has 1 amide bonds. The molecule has 0 atom stereocenters. The quantitative estimate of drug-likeness (QED) is 0.560. The molecule has 1 aromatic carbocycles. The maximum atomic E-state index is 12.4. The number of aromatic nitrogens is 1. The van der Waals surface area contributed by atoms with E-state index in [1.165, 1.54) is 0 Å². The summed E-state index contributed by atoms with van der Waals surface area (Å²) in [7, 11) is 0. The third kappa shape index (κ3) is 6.51. The number of hydrogen-bond donors (Lipinski definition) is 2. The van der Waals surface area contributed by atoms with E-state index in [1.807, 2.05) is 18.2 Å². The number of hydrogen-bond acceptors (Lipinski definition) is 4. The fourth-order valence-electron chi connectivity index (χ4n) is 2.21. The van der Waals surface area contributed by atoms with Crippen molar-refractivity contribution in [2.75, 3.05) is 6.61 Å². The largest absolute Gasteiger partial charge is 0.493 e. The second-order valence-electron chi connectivity index (χ2n) is 5.55. The van der Waals surface area contributed by atoms with Crippen LogP contribution in [0.15, 0.2) is 48.8 Å². The first-order valence-corrected chi connectivity index (χ1v) is 8.81. The highest BCUT2D eigenvalue weighted by Gasteiger charge is 2.13. The van der Waals surface area contributed by atoms with Crippen LogP contribution >= 0.6 is 12.2 Å². The lowest BCUT2D eigenvalue weighted by molar-refractivity contribution is 0.0972. The van der Waals surface area contributed by atoms with Crippen LogP contribution in [-0.4, -0.2) is 22.6 Å². The molecule has 0 unspecified atom stereocenters. The highest BCUT2D eigenvalue weighted by Crippen LogP contribution is 2.18. The molecule has 0 fully saturated rings. The van der Waals surface area contributed by atoms with Gasteiger partial charge in [0.25, 0.3) is 5.91 Å². The molecule has 1 heterocycles.